The highest BCUT2D eigenvalue weighted by Gasteiger charge is 2.03. The van der Waals surface area contributed by atoms with Crippen LogP contribution < -0.4 is 10.6 Å². The van der Waals surface area contributed by atoms with Crippen LogP contribution in [-0.4, -0.2) is 25.7 Å². The predicted molar refractivity (Wildman–Crippen MR) is 118 cm³/mol. The average molecular weight is 417 g/mol. The van der Waals surface area contributed by atoms with Crippen LogP contribution in [0.5, 0.6) is 0 Å². The van der Waals surface area contributed by atoms with E-state index in [9.17, 15) is 4.79 Å². The van der Waals surface area contributed by atoms with E-state index in [1.165, 1.54) is 12.4 Å². The van der Waals surface area contributed by atoms with Gasteiger partial charge in [0.25, 0.3) is 0 Å². The van der Waals surface area contributed by atoms with Crippen LogP contribution in [0, 0.1) is 0 Å². The van der Waals surface area contributed by atoms with E-state index < -0.39 is 0 Å². The second-order valence-electron chi connectivity index (χ2n) is 6.26. The van der Waals surface area contributed by atoms with Gasteiger partial charge in [-0.25, -0.2) is 14.6 Å². The number of hydrogen-bond donors (Lipinski definition) is 2. The molecule has 7 nitrogen and oxygen atoms in total. The molecule has 8 heteroatoms. The monoisotopic (exact) mass is 416 g/mol. The molecule has 0 bridgehead atoms. The second-order valence-corrected chi connectivity index (χ2v) is 6.67. The fraction of sp³-hybridized carbons (Fsp3) is 0. The molecule has 0 spiro atoms. The zero-order valence-electron chi connectivity index (χ0n) is 15.7. The Balaban J connectivity index is 1.38. The van der Waals surface area contributed by atoms with Gasteiger partial charge in [0.2, 0.25) is 5.91 Å². The molecule has 4 aromatic rings. The molecule has 0 unspecified atom stereocenters. The van der Waals surface area contributed by atoms with Gasteiger partial charge >= 0.3 is 0 Å². The van der Waals surface area contributed by atoms with E-state index in [4.69, 9.17) is 11.6 Å². The predicted octanol–water partition coefficient (Wildman–Crippen LogP) is 4.71. The van der Waals surface area contributed by atoms with Crippen LogP contribution in [0.15, 0.2) is 85.5 Å². The standard InChI is InChI=1S/C22H17ClN6O/c23-19-5-2-1-4-16(19)6-11-22(30)28-18-9-7-17(8-10-18)27-20-14-21(25-15-24-20)29-13-3-12-26-29/h1-15H,(H,28,30)(H,24,25,27)/b11-6+. The van der Waals surface area contributed by atoms with Gasteiger partial charge < -0.3 is 10.6 Å². The summed E-state index contributed by atoms with van der Waals surface area (Å²) in [5, 5.41) is 10.8. The lowest BCUT2D eigenvalue weighted by Gasteiger charge is -2.08. The van der Waals surface area contributed by atoms with Crippen molar-refractivity contribution in [1.82, 2.24) is 19.7 Å². The summed E-state index contributed by atoms with van der Waals surface area (Å²) in [6.07, 6.45) is 8.10. The van der Waals surface area contributed by atoms with Crippen molar-refractivity contribution in [2.24, 2.45) is 0 Å². The summed E-state index contributed by atoms with van der Waals surface area (Å²) in [7, 11) is 0. The van der Waals surface area contributed by atoms with Crippen molar-refractivity contribution in [2.75, 3.05) is 10.6 Å². The summed E-state index contributed by atoms with van der Waals surface area (Å²) in [6, 6.07) is 18.3. The van der Waals surface area contributed by atoms with E-state index in [0.717, 1.165) is 11.3 Å². The van der Waals surface area contributed by atoms with Crippen LogP contribution in [0.25, 0.3) is 11.9 Å². The first-order chi connectivity index (χ1) is 14.7. The SMILES string of the molecule is O=C(/C=C/c1ccccc1Cl)Nc1ccc(Nc2cc(-n3cccn3)ncn2)cc1. The van der Waals surface area contributed by atoms with Gasteiger partial charge in [0.15, 0.2) is 5.82 Å². The number of rotatable bonds is 6. The fourth-order valence-electron chi connectivity index (χ4n) is 2.69. The Morgan fingerprint density at radius 1 is 1.00 bits per heavy atom. The van der Waals surface area contributed by atoms with Crippen LogP contribution >= 0.6 is 11.6 Å². The molecule has 0 aliphatic heterocycles. The summed E-state index contributed by atoms with van der Waals surface area (Å²) in [6.45, 7) is 0. The number of carbonyl (C=O) groups excluding carboxylic acids is 1. The zero-order valence-corrected chi connectivity index (χ0v) is 16.5. The van der Waals surface area contributed by atoms with Crippen molar-refractivity contribution in [3.63, 3.8) is 0 Å². The normalized spacial score (nSPS) is 10.8. The molecule has 0 saturated carbocycles. The Bertz CT molecular complexity index is 1170. The van der Waals surface area contributed by atoms with E-state index >= 15 is 0 Å². The van der Waals surface area contributed by atoms with Gasteiger partial charge in [-0.1, -0.05) is 29.8 Å². The Kier molecular flexibility index (Phi) is 5.82. The Morgan fingerprint density at radius 2 is 1.80 bits per heavy atom. The van der Waals surface area contributed by atoms with Crippen LogP contribution in [0.3, 0.4) is 0 Å². The van der Waals surface area contributed by atoms with Crippen LogP contribution in [0.4, 0.5) is 17.2 Å². The van der Waals surface area contributed by atoms with Crippen molar-refractivity contribution in [3.05, 3.63) is 96.0 Å². The van der Waals surface area contributed by atoms with Gasteiger partial charge in [-0.2, -0.15) is 5.10 Å². The highest BCUT2D eigenvalue weighted by atomic mass is 35.5. The summed E-state index contributed by atoms with van der Waals surface area (Å²) in [5.74, 6) is 1.05. The average Bonchev–Trinajstić information content (AvgIpc) is 3.30. The molecule has 0 aliphatic rings. The van der Waals surface area contributed by atoms with Gasteiger partial charge in [0.1, 0.15) is 12.1 Å². The topological polar surface area (TPSA) is 84.7 Å². The largest absolute Gasteiger partial charge is 0.340 e. The maximum Gasteiger partial charge on any atom is 0.248 e. The molecule has 0 saturated heterocycles. The van der Waals surface area contributed by atoms with Crippen molar-refractivity contribution in [1.29, 1.82) is 0 Å². The first-order valence-electron chi connectivity index (χ1n) is 9.10. The second kappa shape index (κ2) is 9.02. The third-order valence-electron chi connectivity index (χ3n) is 4.14. The Morgan fingerprint density at radius 3 is 2.57 bits per heavy atom. The van der Waals surface area contributed by atoms with Crippen molar-refractivity contribution in [3.8, 4) is 5.82 Å². The van der Waals surface area contributed by atoms with E-state index in [1.807, 2.05) is 42.6 Å². The number of nitrogens with one attached hydrogen (secondary N) is 2. The molecule has 0 radical (unpaired) electrons. The molecule has 0 aliphatic carbocycles. The van der Waals surface area contributed by atoms with E-state index in [2.05, 4.69) is 25.7 Å². The molecule has 2 N–H and O–H groups in total. The van der Waals surface area contributed by atoms with Gasteiger partial charge in [0, 0.05) is 40.9 Å². The van der Waals surface area contributed by atoms with E-state index in [0.29, 0.717) is 22.3 Å². The van der Waals surface area contributed by atoms with E-state index in [1.54, 1.807) is 41.2 Å². The number of carbonyl (C=O) groups is 1. The van der Waals surface area contributed by atoms with Gasteiger partial charge in [-0.3, -0.25) is 4.79 Å². The first kappa shape index (κ1) is 19.4. The fourth-order valence-corrected chi connectivity index (χ4v) is 2.89. The number of hydrogen-bond acceptors (Lipinski definition) is 5. The third-order valence-corrected chi connectivity index (χ3v) is 4.48. The third kappa shape index (κ3) is 4.89. The number of nitrogens with zero attached hydrogens (tertiary/aromatic N) is 4. The summed E-state index contributed by atoms with van der Waals surface area (Å²) in [5.41, 5.74) is 2.28. The van der Waals surface area contributed by atoms with Gasteiger partial charge in [0.05, 0.1) is 0 Å². The van der Waals surface area contributed by atoms with Crippen molar-refractivity contribution >= 4 is 40.8 Å². The highest BCUT2D eigenvalue weighted by Crippen LogP contribution is 2.19. The molecule has 0 atom stereocenters. The minimum absolute atomic E-state index is 0.240. The quantitative estimate of drug-likeness (QED) is 0.444. The lowest BCUT2D eigenvalue weighted by molar-refractivity contribution is -0.111. The van der Waals surface area contributed by atoms with E-state index in [-0.39, 0.29) is 5.91 Å². The summed E-state index contributed by atoms with van der Waals surface area (Å²) in [4.78, 5) is 20.6. The Hall–Kier alpha value is -3.97. The lowest BCUT2D eigenvalue weighted by atomic mass is 10.2. The summed E-state index contributed by atoms with van der Waals surface area (Å²) >= 11 is 6.09. The molecular weight excluding hydrogens is 400 g/mol. The van der Waals surface area contributed by atoms with Gasteiger partial charge in [-0.05, 0) is 48.0 Å². The number of halogens is 1. The smallest absolute Gasteiger partial charge is 0.248 e. The molecule has 30 heavy (non-hydrogen) atoms. The minimum atomic E-state index is -0.240. The van der Waals surface area contributed by atoms with Crippen LogP contribution in [0.1, 0.15) is 5.56 Å². The maximum atomic E-state index is 12.1. The molecule has 2 aromatic carbocycles. The molecule has 1 amide bonds. The molecular formula is C22H17ClN6O. The molecule has 2 heterocycles. The first-order valence-corrected chi connectivity index (χ1v) is 9.48. The number of anilines is 3. The number of aromatic nitrogens is 4. The zero-order chi connectivity index (χ0) is 20.8. The van der Waals surface area contributed by atoms with Crippen molar-refractivity contribution < 1.29 is 4.79 Å². The Labute approximate surface area is 178 Å². The summed E-state index contributed by atoms with van der Waals surface area (Å²) < 4.78 is 1.65. The molecule has 0 fully saturated rings. The van der Waals surface area contributed by atoms with Crippen LogP contribution in [-0.2, 0) is 4.79 Å². The highest BCUT2D eigenvalue weighted by molar-refractivity contribution is 6.32. The molecule has 4 rings (SSSR count). The minimum Gasteiger partial charge on any atom is -0.340 e. The van der Waals surface area contributed by atoms with Crippen molar-refractivity contribution in [2.45, 2.75) is 0 Å². The molecule has 148 valence electrons. The number of amides is 1. The van der Waals surface area contributed by atoms with Crippen LogP contribution in [0.2, 0.25) is 5.02 Å². The van der Waals surface area contributed by atoms with Gasteiger partial charge in [-0.15, -0.1) is 0 Å². The maximum absolute atomic E-state index is 12.1. The lowest BCUT2D eigenvalue weighted by Crippen LogP contribution is -2.07. The number of benzene rings is 2. The molecule has 2 aromatic heterocycles.